The summed E-state index contributed by atoms with van der Waals surface area (Å²) in [7, 11) is 0. The fourth-order valence-electron chi connectivity index (χ4n) is 2.48. The first-order valence-electron chi connectivity index (χ1n) is 7.34. The van der Waals surface area contributed by atoms with Crippen LogP contribution in [0.1, 0.15) is 30.9 Å². The number of hydrogen-bond donors (Lipinski definition) is 1. The van der Waals surface area contributed by atoms with Gasteiger partial charge in [-0.2, -0.15) is 0 Å². The van der Waals surface area contributed by atoms with E-state index in [4.69, 9.17) is 18.0 Å². The van der Waals surface area contributed by atoms with Crippen LogP contribution >= 0.6 is 24.0 Å². The van der Waals surface area contributed by atoms with Gasteiger partial charge < -0.3 is 10.6 Å². The Bertz CT molecular complexity index is 533. The van der Waals surface area contributed by atoms with Crippen LogP contribution in [0.4, 0.5) is 0 Å². The zero-order valence-electron chi connectivity index (χ0n) is 12.5. The highest BCUT2D eigenvalue weighted by atomic mass is 32.2. The number of aryl methyl sites for hydroxylation is 1. The summed E-state index contributed by atoms with van der Waals surface area (Å²) < 4.78 is 0.763. The van der Waals surface area contributed by atoms with Gasteiger partial charge in [0.15, 0.2) is 5.78 Å². The van der Waals surface area contributed by atoms with Crippen molar-refractivity contribution in [1.82, 2.24) is 4.90 Å². The fraction of sp³-hybridized carbons (Fsp3) is 0.500. The van der Waals surface area contributed by atoms with Crippen molar-refractivity contribution in [2.45, 2.75) is 44.5 Å². The van der Waals surface area contributed by atoms with Crippen molar-refractivity contribution < 1.29 is 4.79 Å². The number of benzene rings is 1. The van der Waals surface area contributed by atoms with Crippen LogP contribution in [-0.4, -0.2) is 33.0 Å². The van der Waals surface area contributed by atoms with Crippen LogP contribution in [0.2, 0.25) is 0 Å². The molecular weight excluding hydrogens is 300 g/mol. The fourth-order valence-corrected chi connectivity index (χ4v) is 4.07. The van der Waals surface area contributed by atoms with E-state index in [9.17, 15) is 4.79 Å². The van der Waals surface area contributed by atoms with Crippen molar-refractivity contribution in [2.75, 3.05) is 6.54 Å². The maximum Gasteiger partial charge on any atom is 0.154 e. The lowest BCUT2D eigenvalue weighted by molar-refractivity contribution is -0.118. The lowest BCUT2D eigenvalue weighted by Crippen LogP contribution is -2.46. The number of nitrogens with two attached hydrogens (primary N) is 1. The molecule has 114 valence electrons. The monoisotopic (exact) mass is 322 g/mol. The number of nitrogens with zero attached hydrogens (tertiary/aromatic N) is 1. The standard InChI is InChI=1S/C16H22N2OS2/c1-3-4-8-18-15(17)14(21-16(18)20)13(19)10-12-7-5-6-11(2)9-12/h5-7,9,14-15H,3-4,8,10,17H2,1-2H3/t14-,15+/m0/s1. The molecule has 2 rings (SSSR count). The second-order valence-electron chi connectivity index (χ2n) is 5.47. The van der Waals surface area contributed by atoms with Gasteiger partial charge in [0.2, 0.25) is 0 Å². The summed E-state index contributed by atoms with van der Waals surface area (Å²) in [6.45, 7) is 5.02. The molecule has 0 spiro atoms. The first kappa shape index (κ1) is 16.5. The van der Waals surface area contributed by atoms with Crippen LogP contribution in [0.5, 0.6) is 0 Å². The number of thiocarbonyl (C=S) groups is 1. The van der Waals surface area contributed by atoms with Crippen molar-refractivity contribution in [3.8, 4) is 0 Å². The van der Waals surface area contributed by atoms with Gasteiger partial charge in [0.05, 0.1) is 6.17 Å². The number of ketones is 1. The Morgan fingerprint density at radius 2 is 2.24 bits per heavy atom. The molecule has 0 saturated carbocycles. The van der Waals surface area contributed by atoms with Crippen LogP contribution in [0.25, 0.3) is 0 Å². The summed E-state index contributed by atoms with van der Waals surface area (Å²) in [4.78, 5) is 14.5. The number of carbonyl (C=O) groups excluding carboxylic acids is 1. The summed E-state index contributed by atoms with van der Waals surface area (Å²) in [6.07, 6.45) is 2.29. The quantitative estimate of drug-likeness (QED) is 0.816. The number of rotatable bonds is 6. The normalized spacial score (nSPS) is 21.9. The summed E-state index contributed by atoms with van der Waals surface area (Å²) in [6, 6.07) is 8.06. The SMILES string of the molecule is CCCCN1C(=S)S[C@@H](C(=O)Cc2cccc(C)c2)[C@@H]1N. The molecule has 1 aliphatic heterocycles. The molecule has 0 amide bonds. The van der Waals surface area contributed by atoms with Gasteiger partial charge in [-0.3, -0.25) is 4.79 Å². The molecule has 1 aliphatic rings. The third-order valence-electron chi connectivity index (χ3n) is 3.66. The Morgan fingerprint density at radius 1 is 1.48 bits per heavy atom. The summed E-state index contributed by atoms with van der Waals surface area (Å²) >= 11 is 6.82. The molecule has 5 heteroatoms. The largest absolute Gasteiger partial charge is 0.341 e. The van der Waals surface area contributed by atoms with Gasteiger partial charge in [-0.1, -0.05) is 67.2 Å². The van der Waals surface area contributed by atoms with Crippen molar-refractivity contribution in [1.29, 1.82) is 0 Å². The van der Waals surface area contributed by atoms with Gasteiger partial charge >= 0.3 is 0 Å². The average Bonchev–Trinajstić information content (AvgIpc) is 2.72. The molecule has 0 bridgehead atoms. The van der Waals surface area contributed by atoms with E-state index in [0.29, 0.717) is 6.42 Å². The average molecular weight is 322 g/mol. The van der Waals surface area contributed by atoms with E-state index in [1.54, 1.807) is 0 Å². The minimum absolute atomic E-state index is 0.166. The van der Waals surface area contributed by atoms with E-state index in [-0.39, 0.29) is 17.2 Å². The number of Topliss-reactive ketones (excluding diaryl/α,β-unsaturated/α-hetero) is 1. The van der Waals surface area contributed by atoms with Crippen LogP contribution in [-0.2, 0) is 11.2 Å². The predicted octanol–water partition coefficient (Wildman–Crippen LogP) is 2.89. The molecule has 1 saturated heterocycles. The van der Waals surface area contributed by atoms with Crippen molar-refractivity contribution in [3.63, 3.8) is 0 Å². The van der Waals surface area contributed by atoms with Gasteiger partial charge in [-0.05, 0) is 18.9 Å². The minimum atomic E-state index is -0.286. The van der Waals surface area contributed by atoms with Crippen LogP contribution in [0, 0.1) is 6.92 Å². The lowest BCUT2D eigenvalue weighted by Gasteiger charge is -2.24. The highest BCUT2D eigenvalue weighted by Gasteiger charge is 2.39. The Labute approximate surface area is 136 Å². The smallest absolute Gasteiger partial charge is 0.154 e. The third-order valence-corrected chi connectivity index (χ3v) is 5.42. The van der Waals surface area contributed by atoms with Gasteiger partial charge in [0, 0.05) is 13.0 Å². The molecule has 0 aromatic heterocycles. The summed E-state index contributed by atoms with van der Waals surface area (Å²) in [5, 5.41) is -0.241. The topological polar surface area (TPSA) is 46.3 Å². The molecule has 21 heavy (non-hydrogen) atoms. The second kappa shape index (κ2) is 7.38. The predicted molar refractivity (Wildman–Crippen MR) is 93.5 cm³/mol. The summed E-state index contributed by atoms with van der Waals surface area (Å²) in [5.41, 5.74) is 8.45. The maximum atomic E-state index is 12.5. The molecule has 0 aliphatic carbocycles. The first-order valence-corrected chi connectivity index (χ1v) is 8.62. The first-order chi connectivity index (χ1) is 10.0. The van der Waals surface area contributed by atoms with Crippen LogP contribution in [0.15, 0.2) is 24.3 Å². The number of carbonyl (C=O) groups is 1. The van der Waals surface area contributed by atoms with E-state index in [2.05, 4.69) is 13.0 Å². The van der Waals surface area contributed by atoms with E-state index >= 15 is 0 Å². The van der Waals surface area contributed by atoms with Crippen molar-refractivity contribution in [3.05, 3.63) is 35.4 Å². The Kier molecular flexibility index (Phi) is 5.79. The minimum Gasteiger partial charge on any atom is -0.341 e. The highest BCUT2D eigenvalue weighted by Crippen LogP contribution is 2.31. The lowest BCUT2D eigenvalue weighted by atomic mass is 10.0. The summed E-state index contributed by atoms with van der Waals surface area (Å²) in [5.74, 6) is 0.166. The van der Waals surface area contributed by atoms with Gasteiger partial charge in [0.25, 0.3) is 0 Å². The molecule has 0 radical (unpaired) electrons. The Hall–Kier alpha value is -0.910. The zero-order valence-corrected chi connectivity index (χ0v) is 14.2. The second-order valence-corrected chi connectivity index (χ2v) is 7.25. The van der Waals surface area contributed by atoms with Crippen molar-refractivity contribution >= 4 is 34.1 Å². The van der Waals surface area contributed by atoms with E-state index < -0.39 is 0 Å². The molecule has 3 nitrogen and oxygen atoms in total. The Balaban J connectivity index is 2.01. The molecule has 1 fully saturated rings. The number of hydrogen-bond acceptors (Lipinski definition) is 4. The van der Waals surface area contributed by atoms with E-state index in [1.165, 1.54) is 17.3 Å². The molecule has 2 N–H and O–H groups in total. The third kappa shape index (κ3) is 4.05. The number of unbranched alkanes of at least 4 members (excludes halogenated alkanes) is 1. The molecule has 0 unspecified atom stereocenters. The Morgan fingerprint density at radius 3 is 2.90 bits per heavy atom. The molecule has 2 atom stereocenters. The number of thioether (sulfide) groups is 1. The van der Waals surface area contributed by atoms with Gasteiger partial charge in [-0.25, -0.2) is 0 Å². The molecule has 1 aromatic carbocycles. The highest BCUT2D eigenvalue weighted by molar-refractivity contribution is 8.24. The van der Waals surface area contributed by atoms with Gasteiger partial charge in [-0.15, -0.1) is 0 Å². The van der Waals surface area contributed by atoms with E-state index in [1.807, 2.05) is 30.0 Å². The van der Waals surface area contributed by atoms with Crippen LogP contribution in [0.3, 0.4) is 0 Å². The van der Waals surface area contributed by atoms with Gasteiger partial charge in [0.1, 0.15) is 9.57 Å². The van der Waals surface area contributed by atoms with E-state index in [0.717, 1.165) is 29.3 Å². The molecule has 1 heterocycles. The molecular formula is C16H22N2OS2. The van der Waals surface area contributed by atoms with Crippen LogP contribution < -0.4 is 5.73 Å². The van der Waals surface area contributed by atoms with Crippen molar-refractivity contribution in [2.24, 2.45) is 5.73 Å². The zero-order chi connectivity index (χ0) is 15.4. The molecule has 1 aromatic rings. The maximum absolute atomic E-state index is 12.5.